The molecule has 20 heavy (non-hydrogen) atoms. The molecule has 1 aliphatic rings. The van der Waals surface area contributed by atoms with Gasteiger partial charge in [0.25, 0.3) is 0 Å². The number of carboxylic acids is 1. The van der Waals surface area contributed by atoms with E-state index < -0.39 is 11.9 Å². The minimum atomic E-state index is -0.841. The summed E-state index contributed by atoms with van der Waals surface area (Å²) in [6.07, 6.45) is 0. The molecule has 7 nitrogen and oxygen atoms in total. The molecule has 0 aliphatic carbocycles. The van der Waals surface area contributed by atoms with Gasteiger partial charge in [-0.1, -0.05) is 6.92 Å². The van der Waals surface area contributed by atoms with Crippen molar-refractivity contribution in [1.29, 1.82) is 0 Å². The highest BCUT2D eigenvalue weighted by Crippen LogP contribution is 2.24. The Balaban J connectivity index is 2.37. The van der Waals surface area contributed by atoms with Gasteiger partial charge in [0.1, 0.15) is 6.54 Å². The third kappa shape index (κ3) is 4.11. The predicted octanol–water partition coefficient (Wildman–Crippen LogP) is 0.215. The summed E-state index contributed by atoms with van der Waals surface area (Å²) < 4.78 is 0. The Morgan fingerprint density at radius 3 is 2.30 bits per heavy atom. The van der Waals surface area contributed by atoms with Crippen LogP contribution in [0.5, 0.6) is 0 Å². The average Bonchev–Trinajstić information content (AvgIpc) is 2.24. The number of nitrogens with one attached hydrogen (secondary N) is 1. The van der Waals surface area contributed by atoms with Crippen LogP contribution in [-0.2, 0) is 9.59 Å². The van der Waals surface area contributed by atoms with Gasteiger partial charge in [0.15, 0.2) is 0 Å². The number of urea groups is 1. The SMILES string of the molecule is CC(C)NC(=O)CN(C)C(=O)N1CC(C(C)C(=O)O)C1. The van der Waals surface area contributed by atoms with Crippen LogP contribution < -0.4 is 5.32 Å². The molecule has 1 atom stereocenters. The maximum atomic E-state index is 12.0. The molecule has 0 saturated carbocycles. The number of carbonyl (C=O) groups excluding carboxylic acids is 2. The van der Waals surface area contributed by atoms with Gasteiger partial charge in [0.2, 0.25) is 5.91 Å². The molecule has 1 unspecified atom stereocenters. The Labute approximate surface area is 118 Å². The van der Waals surface area contributed by atoms with Gasteiger partial charge in [-0.3, -0.25) is 9.59 Å². The van der Waals surface area contributed by atoms with Gasteiger partial charge in [-0.15, -0.1) is 0 Å². The lowest BCUT2D eigenvalue weighted by Gasteiger charge is -2.42. The van der Waals surface area contributed by atoms with E-state index in [9.17, 15) is 14.4 Å². The second kappa shape index (κ2) is 6.58. The molecule has 1 rings (SSSR count). The molecule has 2 N–H and O–H groups in total. The molecule has 0 aromatic carbocycles. The molecule has 0 radical (unpaired) electrons. The van der Waals surface area contributed by atoms with Crippen molar-refractivity contribution in [3.8, 4) is 0 Å². The summed E-state index contributed by atoms with van der Waals surface area (Å²) >= 11 is 0. The van der Waals surface area contributed by atoms with Gasteiger partial charge in [-0.05, 0) is 13.8 Å². The number of hydrogen-bond donors (Lipinski definition) is 2. The predicted molar refractivity (Wildman–Crippen MR) is 73.2 cm³/mol. The fourth-order valence-corrected chi connectivity index (χ4v) is 2.08. The first kappa shape index (κ1) is 16.3. The molecule has 1 saturated heterocycles. The Kier molecular flexibility index (Phi) is 5.35. The van der Waals surface area contributed by atoms with E-state index in [1.807, 2.05) is 13.8 Å². The van der Waals surface area contributed by atoms with E-state index in [0.717, 1.165) is 0 Å². The summed E-state index contributed by atoms with van der Waals surface area (Å²) in [6.45, 7) is 6.23. The van der Waals surface area contributed by atoms with Gasteiger partial charge in [0.05, 0.1) is 5.92 Å². The number of nitrogens with zero attached hydrogens (tertiary/aromatic N) is 2. The van der Waals surface area contributed by atoms with Crippen LogP contribution in [0.3, 0.4) is 0 Å². The molecule has 7 heteroatoms. The molecule has 114 valence electrons. The van der Waals surface area contributed by atoms with E-state index in [4.69, 9.17) is 5.11 Å². The summed E-state index contributed by atoms with van der Waals surface area (Å²) in [5.41, 5.74) is 0. The lowest BCUT2D eigenvalue weighted by molar-refractivity contribution is -0.144. The molecule has 0 aromatic heterocycles. The topological polar surface area (TPSA) is 90.0 Å². The van der Waals surface area contributed by atoms with Crippen LogP contribution in [0.15, 0.2) is 0 Å². The number of hydrogen-bond acceptors (Lipinski definition) is 3. The fraction of sp³-hybridized carbons (Fsp3) is 0.769. The molecule has 1 aliphatic heterocycles. The van der Waals surface area contributed by atoms with E-state index in [-0.39, 0.29) is 30.4 Å². The zero-order valence-corrected chi connectivity index (χ0v) is 12.4. The first-order chi connectivity index (χ1) is 9.22. The van der Waals surface area contributed by atoms with Gasteiger partial charge in [-0.25, -0.2) is 4.79 Å². The van der Waals surface area contributed by atoms with Gasteiger partial charge >= 0.3 is 12.0 Å². The van der Waals surface area contributed by atoms with Crippen molar-refractivity contribution in [2.24, 2.45) is 11.8 Å². The first-order valence-corrected chi connectivity index (χ1v) is 6.74. The third-order valence-electron chi connectivity index (χ3n) is 3.43. The summed E-state index contributed by atoms with van der Waals surface area (Å²) in [7, 11) is 1.57. The van der Waals surface area contributed by atoms with Crippen molar-refractivity contribution >= 4 is 17.9 Å². The number of likely N-dealkylation sites (N-methyl/N-ethyl adjacent to an activating group) is 1. The Hall–Kier alpha value is -1.79. The number of carbonyl (C=O) groups is 3. The molecule has 0 bridgehead atoms. The van der Waals surface area contributed by atoms with Crippen LogP contribution in [0, 0.1) is 11.8 Å². The van der Waals surface area contributed by atoms with Crippen LogP contribution >= 0.6 is 0 Å². The number of amides is 3. The van der Waals surface area contributed by atoms with E-state index in [2.05, 4.69) is 5.32 Å². The molecule has 1 heterocycles. The highest BCUT2D eigenvalue weighted by atomic mass is 16.4. The highest BCUT2D eigenvalue weighted by molar-refractivity contribution is 5.84. The quantitative estimate of drug-likeness (QED) is 0.756. The number of carboxylic acid groups (broad SMARTS) is 1. The minimum Gasteiger partial charge on any atom is -0.481 e. The van der Waals surface area contributed by atoms with Crippen LogP contribution in [0.1, 0.15) is 20.8 Å². The first-order valence-electron chi connectivity index (χ1n) is 6.74. The van der Waals surface area contributed by atoms with Crippen molar-refractivity contribution in [2.75, 3.05) is 26.7 Å². The number of aliphatic carboxylic acids is 1. The summed E-state index contributed by atoms with van der Waals surface area (Å²) in [5.74, 6) is -1.50. The largest absolute Gasteiger partial charge is 0.481 e. The smallest absolute Gasteiger partial charge is 0.320 e. The number of likely N-dealkylation sites (tertiary alicyclic amines) is 1. The van der Waals surface area contributed by atoms with Gasteiger partial charge in [-0.2, -0.15) is 0 Å². The lowest BCUT2D eigenvalue weighted by Crippen LogP contribution is -2.57. The fourth-order valence-electron chi connectivity index (χ4n) is 2.08. The standard InChI is InChI=1S/C13H23N3O4/c1-8(2)14-11(17)7-15(4)13(20)16-5-10(6-16)9(3)12(18)19/h8-10H,5-7H2,1-4H3,(H,14,17)(H,18,19). The van der Waals surface area contributed by atoms with Crippen molar-refractivity contribution < 1.29 is 19.5 Å². The third-order valence-corrected chi connectivity index (χ3v) is 3.43. The molecule has 3 amide bonds. The van der Waals surface area contributed by atoms with Crippen LogP contribution in [0.2, 0.25) is 0 Å². The molecule has 0 aromatic rings. The van der Waals surface area contributed by atoms with E-state index in [1.54, 1.807) is 18.9 Å². The highest BCUT2D eigenvalue weighted by Gasteiger charge is 2.38. The minimum absolute atomic E-state index is 0.00524. The van der Waals surface area contributed by atoms with E-state index in [0.29, 0.717) is 13.1 Å². The zero-order valence-electron chi connectivity index (χ0n) is 12.4. The second-order valence-electron chi connectivity index (χ2n) is 5.65. The van der Waals surface area contributed by atoms with Crippen molar-refractivity contribution in [1.82, 2.24) is 15.1 Å². The van der Waals surface area contributed by atoms with E-state index >= 15 is 0 Å². The second-order valence-corrected chi connectivity index (χ2v) is 5.65. The molecule has 1 fully saturated rings. The van der Waals surface area contributed by atoms with Crippen molar-refractivity contribution in [2.45, 2.75) is 26.8 Å². The summed E-state index contributed by atoms with van der Waals surface area (Å²) in [6, 6.07) is -0.200. The van der Waals surface area contributed by atoms with Crippen molar-refractivity contribution in [3.05, 3.63) is 0 Å². The Bertz CT molecular complexity index is 391. The lowest BCUT2D eigenvalue weighted by atomic mass is 9.87. The number of rotatable bonds is 5. The van der Waals surface area contributed by atoms with Gasteiger partial charge < -0.3 is 20.2 Å². The van der Waals surface area contributed by atoms with Gasteiger partial charge in [0, 0.05) is 32.1 Å². The summed E-state index contributed by atoms with van der Waals surface area (Å²) in [5, 5.41) is 11.6. The van der Waals surface area contributed by atoms with Crippen LogP contribution in [-0.4, -0.2) is 65.5 Å². The molecular formula is C13H23N3O4. The monoisotopic (exact) mass is 285 g/mol. The zero-order chi connectivity index (χ0) is 15.4. The molecular weight excluding hydrogens is 262 g/mol. The van der Waals surface area contributed by atoms with E-state index in [1.165, 1.54) is 4.90 Å². The van der Waals surface area contributed by atoms with Crippen LogP contribution in [0.25, 0.3) is 0 Å². The normalized spacial score (nSPS) is 16.6. The maximum absolute atomic E-state index is 12.0. The van der Waals surface area contributed by atoms with Crippen LogP contribution in [0.4, 0.5) is 4.79 Å². The Morgan fingerprint density at radius 1 is 1.30 bits per heavy atom. The summed E-state index contributed by atoms with van der Waals surface area (Å²) in [4.78, 5) is 37.3. The Morgan fingerprint density at radius 2 is 1.85 bits per heavy atom. The average molecular weight is 285 g/mol. The molecule has 0 spiro atoms. The van der Waals surface area contributed by atoms with Crippen molar-refractivity contribution in [3.63, 3.8) is 0 Å². The maximum Gasteiger partial charge on any atom is 0.320 e.